The molecule has 1 heterocycles. The van der Waals surface area contributed by atoms with Crippen LogP contribution >= 0.6 is 11.6 Å². The fourth-order valence-corrected chi connectivity index (χ4v) is 2.21. The highest BCUT2D eigenvalue weighted by Gasteiger charge is 2.30. The van der Waals surface area contributed by atoms with Crippen LogP contribution in [-0.4, -0.2) is 24.4 Å². The lowest BCUT2D eigenvalue weighted by atomic mass is 10.2. The summed E-state index contributed by atoms with van der Waals surface area (Å²) in [6.45, 7) is 1.94. The Labute approximate surface area is 115 Å². The Balaban J connectivity index is 2.38. The first kappa shape index (κ1) is 13.8. The number of halogens is 2. The molecule has 2 rings (SSSR count). The fraction of sp³-hybridized carbons (Fsp3) is 0.385. The normalized spacial score (nSPS) is 20.2. The van der Waals surface area contributed by atoms with Crippen molar-refractivity contribution in [3.8, 4) is 0 Å². The standard InChI is InChI=1S/C13H14ClFN2O2/c1-2-10-13(19)17(6-5-12(18)16-10)11-7-8(14)3-4-9(11)15/h3-4,7,10H,2,5-6H2,1H3,(H,16,18). The van der Waals surface area contributed by atoms with Crippen molar-refractivity contribution in [3.05, 3.63) is 29.0 Å². The molecule has 1 aliphatic heterocycles. The van der Waals surface area contributed by atoms with Gasteiger partial charge in [-0.3, -0.25) is 9.59 Å². The molecule has 0 spiro atoms. The third kappa shape index (κ3) is 2.87. The minimum atomic E-state index is -0.617. The molecule has 0 aromatic heterocycles. The second-order valence-corrected chi connectivity index (χ2v) is 4.80. The van der Waals surface area contributed by atoms with Crippen molar-refractivity contribution in [2.75, 3.05) is 11.4 Å². The number of nitrogens with zero attached hydrogens (tertiary/aromatic N) is 1. The van der Waals surface area contributed by atoms with Gasteiger partial charge in [-0.25, -0.2) is 4.39 Å². The number of carbonyl (C=O) groups excluding carboxylic acids is 2. The first-order valence-corrected chi connectivity index (χ1v) is 6.46. The SMILES string of the molecule is CCC1NC(=O)CCN(c2cc(Cl)ccc2F)C1=O. The third-order valence-corrected chi connectivity index (χ3v) is 3.30. The number of amides is 2. The van der Waals surface area contributed by atoms with Gasteiger partial charge in [-0.05, 0) is 24.6 Å². The number of hydrogen-bond acceptors (Lipinski definition) is 2. The van der Waals surface area contributed by atoms with Crippen molar-refractivity contribution in [2.24, 2.45) is 0 Å². The van der Waals surface area contributed by atoms with E-state index in [0.29, 0.717) is 11.4 Å². The first-order chi connectivity index (χ1) is 9.02. The number of anilines is 1. The van der Waals surface area contributed by atoms with Gasteiger partial charge in [0.15, 0.2) is 0 Å². The Morgan fingerprint density at radius 2 is 2.21 bits per heavy atom. The number of rotatable bonds is 2. The van der Waals surface area contributed by atoms with Crippen molar-refractivity contribution in [1.29, 1.82) is 0 Å². The molecule has 1 saturated heterocycles. The van der Waals surface area contributed by atoms with Crippen LogP contribution in [0.25, 0.3) is 0 Å². The van der Waals surface area contributed by atoms with E-state index in [9.17, 15) is 14.0 Å². The smallest absolute Gasteiger partial charge is 0.249 e. The summed E-state index contributed by atoms with van der Waals surface area (Å²) in [6, 6.07) is 3.42. The average molecular weight is 285 g/mol. The summed E-state index contributed by atoms with van der Waals surface area (Å²) in [5.74, 6) is -1.04. The summed E-state index contributed by atoms with van der Waals surface area (Å²) >= 11 is 5.84. The lowest BCUT2D eigenvalue weighted by Crippen LogP contribution is -2.44. The van der Waals surface area contributed by atoms with Crippen molar-refractivity contribution in [1.82, 2.24) is 5.32 Å². The van der Waals surface area contributed by atoms with E-state index < -0.39 is 11.9 Å². The molecule has 0 saturated carbocycles. The summed E-state index contributed by atoms with van der Waals surface area (Å²) in [5.41, 5.74) is 0.118. The van der Waals surface area contributed by atoms with Crippen LogP contribution in [0.15, 0.2) is 18.2 Å². The maximum atomic E-state index is 13.8. The Bertz CT molecular complexity index is 521. The number of hydrogen-bond donors (Lipinski definition) is 1. The molecular weight excluding hydrogens is 271 g/mol. The molecule has 1 N–H and O–H groups in total. The highest BCUT2D eigenvalue weighted by molar-refractivity contribution is 6.31. The van der Waals surface area contributed by atoms with Gasteiger partial charge < -0.3 is 10.2 Å². The summed E-state index contributed by atoms with van der Waals surface area (Å²) in [7, 11) is 0. The van der Waals surface area contributed by atoms with E-state index in [1.807, 2.05) is 0 Å². The summed E-state index contributed by atoms with van der Waals surface area (Å²) < 4.78 is 13.8. The lowest BCUT2D eigenvalue weighted by molar-refractivity contribution is -0.125. The maximum Gasteiger partial charge on any atom is 0.249 e. The second kappa shape index (κ2) is 5.57. The summed E-state index contributed by atoms with van der Waals surface area (Å²) in [6.07, 6.45) is 0.609. The third-order valence-electron chi connectivity index (χ3n) is 3.07. The van der Waals surface area contributed by atoms with Crippen molar-refractivity contribution in [3.63, 3.8) is 0 Å². The zero-order chi connectivity index (χ0) is 14.0. The van der Waals surface area contributed by atoms with Gasteiger partial charge in [0.1, 0.15) is 11.9 Å². The van der Waals surface area contributed by atoms with Crippen molar-refractivity contribution >= 4 is 29.1 Å². The van der Waals surface area contributed by atoms with Crippen LogP contribution in [0.4, 0.5) is 10.1 Å². The molecule has 0 aliphatic carbocycles. The molecule has 19 heavy (non-hydrogen) atoms. The van der Waals surface area contributed by atoms with Crippen LogP contribution in [0.1, 0.15) is 19.8 Å². The van der Waals surface area contributed by atoms with Crippen LogP contribution in [0.5, 0.6) is 0 Å². The molecule has 4 nitrogen and oxygen atoms in total. The van der Waals surface area contributed by atoms with E-state index in [4.69, 9.17) is 11.6 Å². The van der Waals surface area contributed by atoms with Gasteiger partial charge in [-0.1, -0.05) is 18.5 Å². The van der Waals surface area contributed by atoms with Gasteiger partial charge in [-0.2, -0.15) is 0 Å². The van der Waals surface area contributed by atoms with Gasteiger partial charge in [0.05, 0.1) is 5.69 Å². The van der Waals surface area contributed by atoms with Crippen LogP contribution in [0.2, 0.25) is 5.02 Å². The van der Waals surface area contributed by atoms with Crippen LogP contribution in [-0.2, 0) is 9.59 Å². The predicted octanol–water partition coefficient (Wildman–Crippen LogP) is 2.11. The van der Waals surface area contributed by atoms with E-state index in [2.05, 4.69) is 5.32 Å². The highest BCUT2D eigenvalue weighted by Crippen LogP contribution is 2.25. The molecule has 1 aromatic rings. The van der Waals surface area contributed by atoms with Gasteiger partial charge >= 0.3 is 0 Å². The minimum Gasteiger partial charge on any atom is -0.344 e. The number of nitrogens with one attached hydrogen (secondary N) is 1. The Hall–Kier alpha value is -1.62. The predicted molar refractivity (Wildman–Crippen MR) is 70.6 cm³/mol. The average Bonchev–Trinajstić information content (AvgIpc) is 2.52. The molecule has 102 valence electrons. The zero-order valence-corrected chi connectivity index (χ0v) is 11.2. The second-order valence-electron chi connectivity index (χ2n) is 4.36. The monoisotopic (exact) mass is 284 g/mol. The largest absolute Gasteiger partial charge is 0.344 e. The molecule has 1 aromatic carbocycles. The maximum absolute atomic E-state index is 13.8. The van der Waals surface area contributed by atoms with E-state index >= 15 is 0 Å². The number of benzene rings is 1. The molecule has 2 amide bonds. The number of carbonyl (C=O) groups is 2. The molecule has 0 bridgehead atoms. The summed E-state index contributed by atoms with van der Waals surface area (Å²) in [4.78, 5) is 25.1. The van der Waals surface area contributed by atoms with Gasteiger partial charge in [0.2, 0.25) is 11.8 Å². The van der Waals surface area contributed by atoms with Gasteiger partial charge in [0, 0.05) is 18.0 Å². The Morgan fingerprint density at radius 3 is 2.89 bits per heavy atom. The Morgan fingerprint density at radius 1 is 1.47 bits per heavy atom. The lowest BCUT2D eigenvalue weighted by Gasteiger charge is -2.24. The zero-order valence-electron chi connectivity index (χ0n) is 10.5. The highest BCUT2D eigenvalue weighted by atomic mass is 35.5. The topological polar surface area (TPSA) is 49.4 Å². The molecule has 1 atom stereocenters. The van der Waals surface area contributed by atoms with Crippen LogP contribution < -0.4 is 10.2 Å². The summed E-state index contributed by atoms with van der Waals surface area (Å²) in [5, 5.41) is 2.97. The first-order valence-electron chi connectivity index (χ1n) is 6.08. The van der Waals surface area contributed by atoms with Crippen molar-refractivity contribution < 1.29 is 14.0 Å². The molecular formula is C13H14ClFN2O2. The molecule has 1 fully saturated rings. The molecule has 1 unspecified atom stereocenters. The van der Waals surface area contributed by atoms with Gasteiger partial charge in [-0.15, -0.1) is 0 Å². The van der Waals surface area contributed by atoms with Crippen LogP contribution in [0, 0.1) is 5.82 Å². The van der Waals surface area contributed by atoms with E-state index in [1.54, 1.807) is 6.92 Å². The molecule has 0 radical (unpaired) electrons. The van der Waals surface area contributed by atoms with Crippen LogP contribution in [0.3, 0.4) is 0 Å². The van der Waals surface area contributed by atoms with Gasteiger partial charge in [0.25, 0.3) is 0 Å². The molecule has 6 heteroatoms. The Kier molecular flexibility index (Phi) is 4.04. The quantitative estimate of drug-likeness (QED) is 0.904. The van der Waals surface area contributed by atoms with E-state index in [0.717, 1.165) is 0 Å². The van der Waals surface area contributed by atoms with E-state index in [-0.39, 0.29) is 30.5 Å². The fourth-order valence-electron chi connectivity index (χ4n) is 2.05. The van der Waals surface area contributed by atoms with E-state index in [1.165, 1.54) is 23.1 Å². The molecule has 1 aliphatic rings. The van der Waals surface area contributed by atoms with Crippen molar-refractivity contribution in [2.45, 2.75) is 25.8 Å². The minimum absolute atomic E-state index is 0.118.